The first-order chi connectivity index (χ1) is 35.8. The second kappa shape index (κ2) is 33.1. The predicted octanol–water partition coefficient (Wildman–Crippen LogP) is -2.82. The Kier molecular flexibility index (Phi) is 29.0. The van der Waals surface area contributed by atoms with Crippen molar-refractivity contribution < 1.29 is 105 Å². The van der Waals surface area contributed by atoms with Crippen LogP contribution in [0.15, 0.2) is 85.1 Å². The van der Waals surface area contributed by atoms with E-state index in [2.05, 4.69) is 5.32 Å². The summed E-state index contributed by atoms with van der Waals surface area (Å²) in [5, 5.41) is 162. The smallest absolute Gasteiger partial charge is 0.308 e. The highest BCUT2D eigenvalue weighted by Gasteiger charge is 2.51. The molecule has 23 heteroatoms. The van der Waals surface area contributed by atoms with E-state index in [-0.39, 0.29) is 25.2 Å². The number of carbonyl (C=O) groups excluding carboxylic acids is 2. The van der Waals surface area contributed by atoms with Crippen LogP contribution in [0.1, 0.15) is 79.1 Å². The molecule has 0 aromatic carbocycles. The molecule has 2 saturated heterocycles. The van der Waals surface area contributed by atoms with Crippen molar-refractivity contribution in [1.29, 1.82) is 0 Å². The van der Waals surface area contributed by atoms with Gasteiger partial charge in [-0.1, -0.05) is 98.9 Å². The maximum Gasteiger partial charge on any atom is 0.308 e. The Bertz CT molecular complexity index is 1930. The molecule has 0 spiro atoms. The van der Waals surface area contributed by atoms with Crippen molar-refractivity contribution in [2.24, 2.45) is 23.5 Å². The summed E-state index contributed by atoms with van der Waals surface area (Å²) in [7, 11) is 0. The molecule has 0 saturated carbocycles. The molecular weight excluding hydrogens is 1000 g/mol. The van der Waals surface area contributed by atoms with Crippen molar-refractivity contribution in [3.63, 3.8) is 0 Å². The molecule has 3 heterocycles. The van der Waals surface area contributed by atoms with Gasteiger partial charge in [0.05, 0.1) is 98.2 Å². The highest BCUT2D eigenvalue weighted by atomic mass is 16.7. The Morgan fingerprint density at radius 3 is 1.84 bits per heavy atom. The summed E-state index contributed by atoms with van der Waals surface area (Å²) in [6.45, 7) is 4.94. The number of fused-ring (bicyclic) bond motifs is 2. The van der Waals surface area contributed by atoms with E-state index in [1.807, 2.05) is 6.92 Å². The van der Waals surface area contributed by atoms with Gasteiger partial charge in [-0.05, 0) is 33.1 Å². The van der Waals surface area contributed by atoms with Crippen LogP contribution >= 0.6 is 0 Å². The first kappa shape index (κ1) is 66.6. The van der Waals surface area contributed by atoms with Crippen LogP contribution in [0.4, 0.5) is 0 Å². The number of nitrogens with one attached hydrogen (secondary N) is 1. The van der Waals surface area contributed by atoms with Gasteiger partial charge < -0.3 is 107 Å². The summed E-state index contributed by atoms with van der Waals surface area (Å²) < 4.78 is 23.5. The van der Waals surface area contributed by atoms with E-state index < -0.39 is 191 Å². The number of aliphatic hydroxyl groups excluding tert-OH is 14. The molecule has 0 aromatic heterocycles. The highest BCUT2D eigenvalue weighted by molar-refractivity contribution is 5.80. The number of hydrogen-bond donors (Lipinski definition) is 17. The fraction of sp³-hybridized carbons (Fsp3) is 0.698. The first-order valence-electron chi connectivity index (χ1n) is 25.9. The zero-order valence-corrected chi connectivity index (χ0v) is 43.6. The van der Waals surface area contributed by atoms with Crippen LogP contribution in [0.2, 0.25) is 0 Å². The monoisotopic (exact) mass is 1090 g/mol. The van der Waals surface area contributed by atoms with Crippen LogP contribution in [0.3, 0.4) is 0 Å². The van der Waals surface area contributed by atoms with Crippen molar-refractivity contribution >= 4 is 11.9 Å². The minimum Gasteiger partial charge on any atom is -0.462 e. The maximum absolute atomic E-state index is 13.9. The quantitative estimate of drug-likeness (QED) is 0.104. The number of carbonyl (C=O) groups is 2. The number of cyclic esters (lactones) is 1. The van der Waals surface area contributed by atoms with E-state index in [4.69, 9.17) is 24.7 Å². The van der Waals surface area contributed by atoms with Gasteiger partial charge in [0.15, 0.2) is 12.1 Å². The summed E-state index contributed by atoms with van der Waals surface area (Å²) in [4.78, 5) is 26.6. The number of amides is 1. The second-order valence-electron chi connectivity index (χ2n) is 20.3. The molecule has 76 heavy (non-hydrogen) atoms. The zero-order valence-electron chi connectivity index (χ0n) is 43.6. The summed E-state index contributed by atoms with van der Waals surface area (Å²) in [6, 6.07) is -1.22. The van der Waals surface area contributed by atoms with Gasteiger partial charge in [0.1, 0.15) is 30.5 Å². The third kappa shape index (κ3) is 21.9. The third-order valence-corrected chi connectivity index (χ3v) is 13.9. The van der Waals surface area contributed by atoms with Gasteiger partial charge in [-0.2, -0.15) is 0 Å². The lowest BCUT2D eigenvalue weighted by atomic mass is 9.82. The minimum absolute atomic E-state index is 0.155. The van der Waals surface area contributed by atoms with E-state index in [1.54, 1.807) is 86.8 Å². The van der Waals surface area contributed by atoms with Crippen molar-refractivity contribution in [2.75, 3.05) is 13.2 Å². The molecule has 23 nitrogen and oxygen atoms in total. The first-order valence-corrected chi connectivity index (χ1v) is 25.9. The summed E-state index contributed by atoms with van der Waals surface area (Å²) in [5.41, 5.74) is 6.08. The molecule has 0 aliphatic carbocycles. The molecular formula is C53H86N2O21. The van der Waals surface area contributed by atoms with Gasteiger partial charge in [0.2, 0.25) is 5.91 Å². The van der Waals surface area contributed by atoms with Crippen LogP contribution < -0.4 is 11.1 Å². The number of aliphatic hydroxyl groups is 15. The van der Waals surface area contributed by atoms with E-state index >= 15 is 0 Å². The minimum atomic E-state index is -2.45. The van der Waals surface area contributed by atoms with Gasteiger partial charge in [-0.3, -0.25) is 9.59 Å². The Labute approximate surface area is 443 Å². The fourth-order valence-corrected chi connectivity index (χ4v) is 9.00. The molecule has 3 aliphatic rings. The van der Waals surface area contributed by atoms with Crippen LogP contribution in [0.5, 0.6) is 0 Å². The van der Waals surface area contributed by atoms with E-state index in [1.165, 1.54) is 19.1 Å². The van der Waals surface area contributed by atoms with Crippen molar-refractivity contribution in [3.05, 3.63) is 85.1 Å². The molecule has 1 amide bonds. The molecule has 2 fully saturated rings. The van der Waals surface area contributed by atoms with Crippen LogP contribution in [-0.2, 0) is 28.5 Å². The molecule has 18 N–H and O–H groups in total. The molecule has 23 atom stereocenters. The standard InChI is InChI=1S/C53H86N2O21/c1-29-17-15-13-11-9-7-5-6-8-10-12-14-16-18-36(75-52-50(70)45(54)47(67)32(4)74-52)24-42-44(51(71)55-27-40(63)48(68)49(69)41(64)28-56)39(62)26-53(72,76-42)25-35(59)22-38(61)37(60)20-19-33(57)21-34(58)23-43(65)73-31(3)30(2)46(29)66/h5-18,29-42,44-50,52,56-64,66-70,72H,19-28,54H2,1-4H3,(H,55,71)/b6-5+,9-7+,10-8+,13-11+,14-12+,17-15+,18-16+/t29-,30?,31-,32+,33+,34+,35-,36-,37+,38+,39-,40?,41?,42?,44?,45-,46+,47+,48?,49?,50-,52?,53+/m0/s1. The Balaban J connectivity index is 1.97. The lowest BCUT2D eigenvalue weighted by Gasteiger charge is -2.46. The number of allylic oxidation sites excluding steroid dienone is 12. The Morgan fingerprint density at radius 2 is 1.25 bits per heavy atom. The SMILES string of the molecule is CC1[C@H](C)OC(=O)C[C@H](O)C[C@H](O)CC[C@@H](O)[C@H](O)C[C@H](O)C[C@]2(O)C[C@H](O)C(C(=O)NCC(O)C(O)C(O)C(O)CO)C(C[C@@H](OC3O[C@H](C)[C@@H](O)[C@H](N)[C@@H]3O)/C=C/C=C/C=C/C=C/C=C/C=C/C=C/[C@H](C)[C@H]1O)O2. The molecule has 434 valence electrons. The van der Waals surface area contributed by atoms with Crippen LogP contribution in [0, 0.1) is 17.8 Å². The van der Waals surface area contributed by atoms with Crippen LogP contribution in [0.25, 0.3) is 0 Å². The van der Waals surface area contributed by atoms with Gasteiger partial charge in [-0.25, -0.2) is 0 Å². The van der Waals surface area contributed by atoms with Gasteiger partial charge in [0.25, 0.3) is 0 Å². The maximum atomic E-state index is 13.9. The molecule has 0 radical (unpaired) electrons. The predicted molar refractivity (Wildman–Crippen MR) is 273 cm³/mol. The topological polar surface area (TPSA) is 413 Å². The third-order valence-electron chi connectivity index (χ3n) is 13.9. The van der Waals surface area contributed by atoms with Crippen molar-refractivity contribution in [2.45, 2.75) is 201 Å². The molecule has 3 rings (SSSR count). The molecule has 2 bridgehead atoms. The molecule has 3 aliphatic heterocycles. The normalized spacial score (nSPS) is 42.3. The summed E-state index contributed by atoms with van der Waals surface area (Å²) in [6.07, 6.45) is -6.27. The lowest BCUT2D eigenvalue weighted by Crippen LogP contribution is -2.62. The number of nitrogens with two attached hydrogens (primary N) is 1. The highest BCUT2D eigenvalue weighted by Crippen LogP contribution is 2.38. The number of esters is 1. The summed E-state index contributed by atoms with van der Waals surface area (Å²) in [5.74, 6) is -6.61. The Morgan fingerprint density at radius 1 is 0.684 bits per heavy atom. The number of rotatable bonds is 9. The van der Waals surface area contributed by atoms with Crippen LogP contribution in [-0.4, -0.2) is 224 Å². The van der Waals surface area contributed by atoms with Crippen molar-refractivity contribution in [3.8, 4) is 0 Å². The Hall–Kier alpha value is -3.64. The van der Waals surface area contributed by atoms with Gasteiger partial charge >= 0.3 is 5.97 Å². The number of hydrogen-bond acceptors (Lipinski definition) is 22. The van der Waals surface area contributed by atoms with Gasteiger partial charge in [0, 0.05) is 44.1 Å². The zero-order chi connectivity index (χ0) is 56.9. The largest absolute Gasteiger partial charge is 0.462 e. The second-order valence-corrected chi connectivity index (χ2v) is 20.3. The van der Waals surface area contributed by atoms with E-state index in [0.29, 0.717) is 0 Å². The van der Waals surface area contributed by atoms with Crippen molar-refractivity contribution in [1.82, 2.24) is 5.32 Å². The van der Waals surface area contributed by atoms with E-state index in [0.717, 1.165) is 0 Å². The lowest BCUT2D eigenvalue weighted by molar-refractivity contribution is -0.307. The molecule has 0 aromatic rings. The average Bonchev–Trinajstić information content (AvgIpc) is 3.35. The fourth-order valence-electron chi connectivity index (χ4n) is 9.00. The number of ether oxygens (including phenoxy) is 4. The van der Waals surface area contributed by atoms with Gasteiger partial charge in [-0.15, -0.1) is 0 Å². The van der Waals surface area contributed by atoms with E-state index in [9.17, 15) is 86.2 Å². The average molecular weight is 1090 g/mol. The summed E-state index contributed by atoms with van der Waals surface area (Å²) >= 11 is 0. The molecule has 8 unspecified atom stereocenters.